The van der Waals surface area contributed by atoms with E-state index in [2.05, 4.69) is 4.98 Å². The van der Waals surface area contributed by atoms with Gasteiger partial charge >= 0.3 is 5.97 Å². The van der Waals surface area contributed by atoms with Crippen LogP contribution >= 0.6 is 0 Å². The molecule has 0 saturated carbocycles. The van der Waals surface area contributed by atoms with E-state index in [9.17, 15) is 14.7 Å². The molecule has 1 aliphatic heterocycles. The number of benzene rings is 2. The standard InChI is InChI=1S/C19H14N2O4/c22-14-3-1-2-11(9-14)8-12-6-7-21-17(12)20-16-10-13(19(24)25)4-5-15(16)18(21)23/h1-5,8-10,22H,6-7H2,(H,24,25)/p-1/b12-8+. The van der Waals surface area contributed by atoms with Crippen molar-refractivity contribution in [2.45, 2.75) is 13.0 Å². The summed E-state index contributed by atoms with van der Waals surface area (Å²) in [6.45, 7) is 0.515. The van der Waals surface area contributed by atoms with Crippen molar-refractivity contribution in [3.05, 3.63) is 69.8 Å². The Bertz CT molecular complexity index is 1110. The molecule has 2 aromatic carbocycles. The molecule has 3 aromatic rings. The summed E-state index contributed by atoms with van der Waals surface area (Å²) in [5.74, 6) is -0.619. The van der Waals surface area contributed by atoms with Crippen molar-refractivity contribution in [2.75, 3.05) is 0 Å². The first-order chi connectivity index (χ1) is 12.0. The molecule has 124 valence electrons. The molecule has 6 nitrogen and oxygen atoms in total. The molecule has 0 aliphatic carbocycles. The number of hydrogen-bond acceptors (Lipinski definition) is 4. The number of carbonyl (C=O) groups is 1. The molecule has 0 spiro atoms. The lowest BCUT2D eigenvalue weighted by Gasteiger charge is -2.07. The highest BCUT2D eigenvalue weighted by Gasteiger charge is 2.21. The molecule has 1 aromatic heterocycles. The van der Waals surface area contributed by atoms with Crippen LogP contribution in [-0.4, -0.2) is 20.6 Å². The molecule has 2 heterocycles. The Morgan fingerprint density at radius 1 is 1.24 bits per heavy atom. The van der Waals surface area contributed by atoms with Crippen LogP contribution in [0.25, 0.3) is 22.6 Å². The van der Waals surface area contributed by atoms with Gasteiger partial charge in [-0.3, -0.25) is 9.36 Å². The van der Waals surface area contributed by atoms with Crippen LogP contribution in [0.15, 0.2) is 47.3 Å². The number of aromatic carboxylic acids is 1. The van der Waals surface area contributed by atoms with Crippen molar-refractivity contribution in [3.8, 4) is 5.75 Å². The van der Waals surface area contributed by atoms with Crippen molar-refractivity contribution in [3.63, 3.8) is 0 Å². The lowest BCUT2D eigenvalue weighted by atomic mass is 10.1. The summed E-state index contributed by atoms with van der Waals surface area (Å²) in [5, 5.41) is 21.0. The van der Waals surface area contributed by atoms with Crippen LogP contribution in [0.1, 0.15) is 28.2 Å². The second-order valence-corrected chi connectivity index (χ2v) is 5.92. The molecular weight excluding hydrogens is 320 g/mol. The van der Waals surface area contributed by atoms with Crippen molar-refractivity contribution in [2.24, 2.45) is 0 Å². The zero-order valence-electron chi connectivity index (χ0n) is 13.1. The van der Waals surface area contributed by atoms with Crippen LogP contribution in [0.2, 0.25) is 0 Å². The summed E-state index contributed by atoms with van der Waals surface area (Å²) in [5.41, 5.74) is 1.88. The van der Waals surface area contributed by atoms with Gasteiger partial charge in [-0.2, -0.15) is 0 Å². The zero-order chi connectivity index (χ0) is 17.6. The van der Waals surface area contributed by atoms with E-state index < -0.39 is 5.97 Å². The van der Waals surface area contributed by atoms with Crippen LogP contribution < -0.4 is 10.7 Å². The smallest absolute Gasteiger partial charge is 0.335 e. The predicted molar refractivity (Wildman–Crippen MR) is 91.3 cm³/mol. The number of carboxylic acids is 1. The van der Waals surface area contributed by atoms with Gasteiger partial charge in [-0.15, -0.1) is 5.75 Å². The Labute approximate surface area is 142 Å². The van der Waals surface area contributed by atoms with Gasteiger partial charge in [0.15, 0.2) is 0 Å². The number of fused-ring (bicyclic) bond motifs is 2. The molecule has 0 saturated heterocycles. The van der Waals surface area contributed by atoms with E-state index in [1.807, 2.05) is 12.1 Å². The van der Waals surface area contributed by atoms with E-state index in [0.717, 1.165) is 11.1 Å². The molecule has 4 rings (SSSR count). The van der Waals surface area contributed by atoms with Gasteiger partial charge in [0.25, 0.3) is 5.56 Å². The van der Waals surface area contributed by atoms with Gasteiger partial charge < -0.3 is 10.2 Å². The number of carboxylic acid groups (broad SMARTS) is 1. The van der Waals surface area contributed by atoms with Crippen molar-refractivity contribution < 1.29 is 15.0 Å². The first-order valence-corrected chi connectivity index (χ1v) is 7.79. The van der Waals surface area contributed by atoms with Crippen molar-refractivity contribution in [1.82, 2.24) is 9.55 Å². The highest BCUT2D eigenvalue weighted by Crippen LogP contribution is 2.28. The van der Waals surface area contributed by atoms with Crippen LogP contribution in [0.4, 0.5) is 0 Å². The number of rotatable bonds is 2. The Morgan fingerprint density at radius 2 is 2.08 bits per heavy atom. The Balaban J connectivity index is 1.90. The molecule has 0 amide bonds. The first kappa shape index (κ1) is 15.1. The topological polar surface area (TPSA) is 95.2 Å². The molecule has 6 heteroatoms. The van der Waals surface area contributed by atoms with E-state index in [1.165, 1.54) is 30.3 Å². The molecule has 25 heavy (non-hydrogen) atoms. The summed E-state index contributed by atoms with van der Waals surface area (Å²) >= 11 is 0. The van der Waals surface area contributed by atoms with Gasteiger partial charge in [-0.1, -0.05) is 24.3 Å². The number of hydrogen-bond donors (Lipinski definition) is 1. The maximum atomic E-state index is 12.7. The normalized spacial score (nSPS) is 14.8. The fraction of sp³-hybridized carbons (Fsp3) is 0.105. The highest BCUT2D eigenvalue weighted by atomic mass is 16.4. The highest BCUT2D eigenvalue weighted by molar-refractivity contribution is 5.93. The van der Waals surface area contributed by atoms with E-state index in [4.69, 9.17) is 5.11 Å². The van der Waals surface area contributed by atoms with E-state index in [-0.39, 0.29) is 16.9 Å². The molecule has 0 bridgehead atoms. The monoisotopic (exact) mass is 333 g/mol. The zero-order valence-corrected chi connectivity index (χ0v) is 13.1. The third-order valence-corrected chi connectivity index (χ3v) is 4.29. The molecule has 1 aliphatic rings. The third kappa shape index (κ3) is 2.57. The van der Waals surface area contributed by atoms with Gasteiger partial charge in [0.2, 0.25) is 0 Å². The minimum Gasteiger partial charge on any atom is -0.872 e. The average Bonchev–Trinajstić information content (AvgIpc) is 2.97. The van der Waals surface area contributed by atoms with Gasteiger partial charge in [-0.25, -0.2) is 9.78 Å². The third-order valence-electron chi connectivity index (χ3n) is 4.29. The summed E-state index contributed by atoms with van der Waals surface area (Å²) in [6.07, 6.45) is 2.48. The molecule has 1 N–H and O–H groups in total. The van der Waals surface area contributed by atoms with Crippen LogP contribution in [0, 0.1) is 0 Å². The fourth-order valence-corrected chi connectivity index (χ4v) is 3.09. The Morgan fingerprint density at radius 3 is 2.84 bits per heavy atom. The lowest BCUT2D eigenvalue weighted by Crippen LogP contribution is -2.21. The fourth-order valence-electron chi connectivity index (χ4n) is 3.09. The Hall–Kier alpha value is -3.41. The average molecular weight is 333 g/mol. The van der Waals surface area contributed by atoms with E-state index in [0.29, 0.717) is 29.7 Å². The van der Waals surface area contributed by atoms with Crippen LogP contribution in [0.3, 0.4) is 0 Å². The van der Waals surface area contributed by atoms with Gasteiger partial charge in [-0.05, 0) is 41.8 Å². The Kier molecular flexibility index (Phi) is 3.39. The molecule has 0 fully saturated rings. The van der Waals surface area contributed by atoms with Crippen molar-refractivity contribution >= 4 is 28.5 Å². The summed E-state index contributed by atoms with van der Waals surface area (Å²) in [7, 11) is 0. The van der Waals surface area contributed by atoms with Crippen LogP contribution in [-0.2, 0) is 6.54 Å². The van der Waals surface area contributed by atoms with Gasteiger partial charge in [0, 0.05) is 6.54 Å². The number of nitrogens with zero attached hydrogens (tertiary/aromatic N) is 2. The predicted octanol–water partition coefficient (Wildman–Crippen LogP) is 2.11. The van der Waals surface area contributed by atoms with Crippen molar-refractivity contribution in [1.29, 1.82) is 0 Å². The number of aromatic nitrogens is 2. The van der Waals surface area contributed by atoms with E-state index >= 15 is 0 Å². The molecular formula is C19H13N2O4-. The number of allylic oxidation sites excluding steroid dienone is 1. The minimum atomic E-state index is -1.06. The van der Waals surface area contributed by atoms with Gasteiger partial charge in [0.1, 0.15) is 5.82 Å². The van der Waals surface area contributed by atoms with Crippen LogP contribution in [0.5, 0.6) is 5.75 Å². The lowest BCUT2D eigenvalue weighted by molar-refractivity contribution is -0.268. The summed E-state index contributed by atoms with van der Waals surface area (Å²) in [6, 6.07) is 10.8. The minimum absolute atomic E-state index is 0.0812. The first-order valence-electron chi connectivity index (χ1n) is 7.79. The summed E-state index contributed by atoms with van der Waals surface area (Å²) in [4.78, 5) is 28.3. The maximum Gasteiger partial charge on any atom is 0.335 e. The SMILES string of the molecule is O=C(O)c1ccc2c(=O)n3c(nc2c1)/C(=C/c1cccc([O-])c1)CC3. The quantitative estimate of drug-likeness (QED) is 0.775. The maximum absolute atomic E-state index is 12.7. The summed E-state index contributed by atoms with van der Waals surface area (Å²) < 4.78 is 1.59. The second kappa shape index (κ2) is 5.59. The molecule has 0 atom stereocenters. The molecule has 0 unspecified atom stereocenters. The largest absolute Gasteiger partial charge is 0.872 e. The molecule has 0 radical (unpaired) electrons. The van der Waals surface area contributed by atoms with E-state index in [1.54, 1.807) is 10.6 Å². The van der Waals surface area contributed by atoms with Gasteiger partial charge in [0.05, 0.1) is 16.5 Å². The second-order valence-electron chi connectivity index (χ2n) is 5.92.